The molecule has 0 atom stereocenters. The van der Waals surface area contributed by atoms with E-state index < -0.39 is 69.8 Å². The summed E-state index contributed by atoms with van der Waals surface area (Å²) in [6.45, 7) is 0. The van der Waals surface area contributed by atoms with Gasteiger partial charge < -0.3 is 0 Å². The van der Waals surface area contributed by atoms with Gasteiger partial charge in [-0.2, -0.15) is 25.3 Å². The first-order chi connectivity index (χ1) is 15.8. The van der Waals surface area contributed by atoms with Crippen LogP contribution in [0.15, 0.2) is 87.5 Å². The van der Waals surface area contributed by atoms with Gasteiger partial charge in [0.25, 0.3) is 30.4 Å². The van der Waals surface area contributed by atoms with Crippen LogP contribution in [0.4, 0.5) is 13.2 Å². The van der Waals surface area contributed by atoms with Crippen molar-refractivity contribution < 1.29 is 50.7 Å². The molecule has 180 valence electrons. The fourth-order valence-corrected chi connectivity index (χ4v) is 5.08. The van der Waals surface area contributed by atoms with E-state index in [4.69, 9.17) is 0 Å². The van der Waals surface area contributed by atoms with E-state index in [1.54, 1.807) is 0 Å². The Morgan fingerprint density at radius 3 is 0.853 bits per heavy atom. The van der Waals surface area contributed by atoms with Gasteiger partial charge in [-0.15, -0.1) is 0 Å². The van der Waals surface area contributed by atoms with Crippen molar-refractivity contribution in [1.82, 2.24) is 0 Å². The highest BCUT2D eigenvalue weighted by atomic mass is 32.2. The fourth-order valence-electron chi connectivity index (χ4n) is 2.33. The van der Waals surface area contributed by atoms with E-state index in [1.165, 1.54) is 0 Å². The largest absolute Gasteiger partial charge is 0.685 e. The zero-order valence-electron chi connectivity index (χ0n) is 16.5. The van der Waals surface area contributed by atoms with E-state index in [9.17, 15) is 38.4 Å². The molecule has 0 fully saturated rings. The molecule has 0 amide bonds. The molecule has 0 spiro atoms. The summed E-state index contributed by atoms with van der Waals surface area (Å²) in [5.41, 5.74) is 0. The maximum absolute atomic E-state index is 13.1. The molecule has 0 unspecified atom stereocenters. The van der Waals surface area contributed by atoms with Crippen LogP contribution in [0.2, 0.25) is 0 Å². The topological polar surface area (TPSA) is 130 Å². The Kier molecular flexibility index (Phi) is 7.49. The van der Waals surface area contributed by atoms with Crippen LogP contribution >= 0.6 is 0 Å². The molecule has 3 aromatic rings. The van der Waals surface area contributed by atoms with E-state index in [-0.39, 0.29) is 0 Å². The Morgan fingerprint density at radius 1 is 0.441 bits per heavy atom. The smallest absolute Gasteiger partial charge is 0.266 e. The molecular formula is C18H12BF3O9S3. The zero-order chi connectivity index (χ0) is 25.1. The lowest BCUT2D eigenvalue weighted by Gasteiger charge is -2.15. The van der Waals surface area contributed by atoms with Crippen LogP contribution in [0.25, 0.3) is 0 Å². The Labute approximate surface area is 193 Å². The molecule has 0 heterocycles. The van der Waals surface area contributed by atoms with E-state index in [0.717, 1.165) is 72.8 Å². The third kappa shape index (κ3) is 6.43. The summed E-state index contributed by atoms with van der Waals surface area (Å²) in [7, 11) is -17.8. The van der Waals surface area contributed by atoms with Gasteiger partial charge in [0.1, 0.15) is 17.5 Å². The monoisotopic (exact) mass is 536 g/mol. The number of halogens is 3. The highest BCUT2D eigenvalue weighted by molar-refractivity contribution is 7.90. The minimum absolute atomic E-state index is 0.690. The van der Waals surface area contributed by atoms with Crippen LogP contribution in [-0.4, -0.2) is 32.6 Å². The third-order valence-electron chi connectivity index (χ3n) is 3.92. The van der Waals surface area contributed by atoms with Crippen molar-refractivity contribution in [1.29, 1.82) is 0 Å². The summed E-state index contributed by atoms with van der Waals surface area (Å²) in [6.07, 6.45) is 0. The van der Waals surface area contributed by atoms with Crippen LogP contribution in [0.5, 0.6) is 0 Å². The predicted octanol–water partition coefficient (Wildman–Crippen LogP) is 2.61. The lowest BCUT2D eigenvalue weighted by atomic mass is 10.3. The number of hydrogen-bond acceptors (Lipinski definition) is 9. The van der Waals surface area contributed by atoms with Gasteiger partial charge >= 0.3 is 7.32 Å². The SMILES string of the molecule is O=S(=O)(OB(OS(=O)(=O)c1ccc(F)cc1)OS(=O)(=O)c1ccc(F)cc1)c1ccc(F)cc1. The normalized spacial score (nSPS) is 12.4. The standard InChI is InChI=1S/C18H12BF3O9S3/c20-13-1-7-16(8-2-13)32(23,24)29-19(30-33(25,26)17-9-3-14(21)4-10-17)31-34(27,28)18-11-5-15(22)6-12-18/h1-12H. The molecule has 16 heteroatoms. The Balaban J connectivity index is 1.97. The second-order valence-corrected chi connectivity index (χ2v) is 11.0. The summed E-state index contributed by atoms with van der Waals surface area (Å²) < 4.78 is 128. The molecule has 0 saturated carbocycles. The van der Waals surface area contributed by atoms with Crippen molar-refractivity contribution >= 4 is 37.7 Å². The van der Waals surface area contributed by atoms with Gasteiger partial charge in [0, 0.05) is 0 Å². The van der Waals surface area contributed by atoms with E-state index >= 15 is 0 Å². The summed E-state index contributed by atoms with van der Waals surface area (Å²) in [5.74, 6) is -2.41. The van der Waals surface area contributed by atoms with Gasteiger partial charge in [0.2, 0.25) is 0 Å². The lowest BCUT2D eigenvalue weighted by molar-refractivity contribution is 0.311. The van der Waals surface area contributed by atoms with Gasteiger partial charge in [-0.05, 0) is 72.8 Å². The Bertz CT molecular complexity index is 1290. The zero-order valence-corrected chi connectivity index (χ0v) is 19.0. The molecule has 0 aliphatic heterocycles. The summed E-state index contributed by atoms with van der Waals surface area (Å²) >= 11 is 0. The van der Waals surface area contributed by atoms with Crippen molar-refractivity contribution in [2.45, 2.75) is 14.7 Å². The van der Waals surface area contributed by atoms with Crippen LogP contribution in [0, 0.1) is 17.5 Å². The molecule has 0 saturated heterocycles. The van der Waals surface area contributed by atoms with Gasteiger partial charge in [0.05, 0.1) is 14.7 Å². The average molecular weight is 536 g/mol. The molecule has 3 aromatic carbocycles. The quantitative estimate of drug-likeness (QED) is 0.379. The van der Waals surface area contributed by atoms with Crippen molar-refractivity contribution in [3.05, 3.63) is 90.2 Å². The second kappa shape index (κ2) is 9.85. The highest BCUT2D eigenvalue weighted by Crippen LogP contribution is 2.22. The number of hydrogen-bond donors (Lipinski definition) is 0. The third-order valence-corrected chi connectivity index (χ3v) is 7.70. The lowest BCUT2D eigenvalue weighted by Crippen LogP contribution is -2.35. The van der Waals surface area contributed by atoms with Crippen LogP contribution in [-0.2, 0) is 42.7 Å². The van der Waals surface area contributed by atoms with Crippen molar-refractivity contribution in [3.63, 3.8) is 0 Å². The summed E-state index contributed by atoms with van der Waals surface area (Å²) in [6, 6.07) is 9.01. The summed E-state index contributed by atoms with van der Waals surface area (Å²) in [4.78, 5) is -2.07. The molecule has 0 bridgehead atoms. The number of benzene rings is 3. The van der Waals surface area contributed by atoms with Crippen LogP contribution in [0.1, 0.15) is 0 Å². The Morgan fingerprint density at radius 2 is 0.647 bits per heavy atom. The Hall–Kier alpha value is -2.76. The summed E-state index contributed by atoms with van der Waals surface area (Å²) in [5, 5.41) is 0. The van der Waals surface area contributed by atoms with Gasteiger partial charge in [-0.1, -0.05) is 0 Å². The highest BCUT2D eigenvalue weighted by Gasteiger charge is 2.41. The van der Waals surface area contributed by atoms with Gasteiger partial charge in [-0.25, -0.2) is 13.2 Å². The number of rotatable bonds is 9. The first kappa shape index (κ1) is 25.9. The molecular weight excluding hydrogens is 524 g/mol. The maximum atomic E-state index is 13.1. The van der Waals surface area contributed by atoms with Crippen LogP contribution < -0.4 is 0 Å². The maximum Gasteiger partial charge on any atom is 0.685 e. The van der Waals surface area contributed by atoms with E-state index in [2.05, 4.69) is 12.3 Å². The molecule has 0 aliphatic rings. The van der Waals surface area contributed by atoms with E-state index in [1.807, 2.05) is 0 Å². The molecule has 0 radical (unpaired) electrons. The molecule has 34 heavy (non-hydrogen) atoms. The van der Waals surface area contributed by atoms with E-state index in [0.29, 0.717) is 0 Å². The van der Waals surface area contributed by atoms with Crippen molar-refractivity contribution in [3.8, 4) is 0 Å². The molecule has 0 aliphatic carbocycles. The molecule has 0 N–H and O–H groups in total. The second-order valence-electron chi connectivity index (χ2n) is 6.30. The fraction of sp³-hybridized carbons (Fsp3) is 0. The van der Waals surface area contributed by atoms with Gasteiger partial charge in [0.15, 0.2) is 0 Å². The average Bonchev–Trinajstić information content (AvgIpc) is 2.73. The van der Waals surface area contributed by atoms with Crippen LogP contribution in [0.3, 0.4) is 0 Å². The first-order valence-corrected chi connectivity index (χ1v) is 13.1. The minimum Gasteiger partial charge on any atom is -0.266 e. The predicted molar refractivity (Wildman–Crippen MR) is 110 cm³/mol. The molecule has 0 aromatic heterocycles. The first-order valence-electron chi connectivity index (χ1n) is 8.85. The van der Waals surface area contributed by atoms with Crippen molar-refractivity contribution in [2.24, 2.45) is 0 Å². The minimum atomic E-state index is -4.96. The van der Waals surface area contributed by atoms with Crippen molar-refractivity contribution in [2.75, 3.05) is 0 Å². The van der Waals surface area contributed by atoms with Gasteiger partial charge in [-0.3, -0.25) is 12.3 Å². The molecule has 9 nitrogen and oxygen atoms in total. The molecule has 3 rings (SSSR count).